The molecule has 0 heterocycles. The number of rotatable bonds is 13. The van der Waals surface area contributed by atoms with E-state index in [0.717, 1.165) is 25.7 Å². The van der Waals surface area contributed by atoms with Crippen molar-refractivity contribution < 1.29 is 14.3 Å². The Morgan fingerprint density at radius 2 is 1.38 bits per heavy atom. The number of carbonyl (C=O) groups excluding carboxylic acids is 2. The molecule has 0 saturated heterocycles. The Labute approximate surface area is 146 Å². The fourth-order valence-corrected chi connectivity index (χ4v) is 1.80. The van der Waals surface area contributed by atoms with E-state index in [9.17, 15) is 9.59 Å². The van der Waals surface area contributed by atoms with Crippen molar-refractivity contribution in [1.82, 2.24) is 0 Å². The number of ether oxygens (including phenoxy) is 1. The third-order valence-electron chi connectivity index (χ3n) is 3.11. The van der Waals surface area contributed by atoms with Gasteiger partial charge in [-0.15, -0.1) is 0 Å². The van der Waals surface area contributed by atoms with Crippen LogP contribution in [0.1, 0.15) is 51.9 Å². The zero-order valence-electron chi connectivity index (χ0n) is 14.9. The van der Waals surface area contributed by atoms with Gasteiger partial charge in [-0.3, -0.25) is 9.59 Å². The minimum absolute atomic E-state index is 0.0290. The summed E-state index contributed by atoms with van der Waals surface area (Å²) < 4.78 is 4.52. The number of allylic oxidation sites excluding steroid dienone is 10. The second-order valence-electron chi connectivity index (χ2n) is 5.21. The number of methoxy groups -OCH3 is 1. The molecule has 0 radical (unpaired) electrons. The van der Waals surface area contributed by atoms with Crippen molar-refractivity contribution in [3.63, 3.8) is 0 Å². The monoisotopic (exact) mass is 330 g/mol. The lowest BCUT2D eigenvalue weighted by atomic mass is 10.1. The molecule has 0 aromatic heterocycles. The number of hydrogen-bond acceptors (Lipinski definition) is 3. The van der Waals surface area contributed by atoms with E-state index in [-0.39, 0.29) is 11.8 Å². The molecule has 0 aromatic carbocycles. The molecule has 0 saturated carbocycles. The summed E-state index contributed by atoms with van der Waals surface area (Å²) in [5.74, 6) is -0.243. The number of ketones is 1. The van der Waals surface area contributed by atoms with Gasteiger partial charge in [0.15, 0.2) is 5.78 Å². The molecule has 3 heteroatoms. The molecule has 132 valence electrons. The van der Waals surface area contributed by atoms with Crippen molar-refractivity contribution >= 4 is 11.8 Å². The standard InChI is InChI=1S/C21H30O3/c1-3-4-5-6-7-8-9-10-11-12-13-14-15-17-20(22)18-16-19-21(23)24-2/h4-5,7-8,10-11,13-15,17H,3,6,9,12,16,18-19H2,1-2H3/b5-4-,8-7-,11-10-,14-13-,17-15+. The first-order valence-electron chi connectivity index (χ1n) is 8.58. The van der Waals surface area contributed by atoms with Crippen molar-refractivity contribution in [2.75, 3.05) is 7.11 Å². The number of esters is 1. The predicted octanol–water partition coefficient (Wildman–Crippen LogP) is 5.26. The van der Waals surface area contributed by atoms with Crippen LogP contribution in [0.2, 0.25) is 0 Å². The van der Waals surface area contributed by atoms with Gasteiger partial charge in [-0.2, -0.15) is 0 Å². The van der Waals surface area contributed by atoms with Crippen molar-refractivity contribution in [2.45, 2.75) is 51.9 Å². The van der Waals surface area contributed by atoms with Crippen LogP contribution in [-0.4, -0.2) is 18.9 Å². The van der Waals surface area contributed by atoms with Crippen molar-refractivity contribution in [1.29, 1.82) is 0 Å². The smallest absolute Gasteiger partial charge is 0.305 e. The molecule has 0 aliphatic rings. The Hall–Kier alpha value is -2.16. The topological polar surface area (TPSA) is 43.4 Å². The largest absolute Gasteiger partial charge is 0.469 e. The molecule has 0 aromatic rings. The summed E-state index contributed by atoms with van der Waals surface area (Å²) in [5.41, 5.74) is 0. The van der Waals surface area contributed by atoms with Crippen LogP contribution in [0.25, 0.3) is 0 Å². The first-order valence-corrected chi connectivity index (χ1v) is 8.58. The quantitative estimate of drug-likeness (QED) is 0.200. The molecule has 0 fully saturated rings. The van der Waals surface area contributed by atoms with Crippen molar-refractivity contribution in [2.24, 2.45) is 0 Å². The average molecular weight is 330 g/mol. The van der Waals surface area contributed by atoms with E-state index in [1.54, 1.807) is 12.2 Å². The molecule has 0 rings (SSSR count). The van der Waals surface area contributed by atoms with Gasteiger partial charge >= 0.3 is 5.97 Å². The van der Waals surface area contributed by atoms with Gasteiger partial charge in [-0.25, -0.2) is 0 Å². The maximum absolute atomic E-state index is 11.5. The summed E-state index contributed by atoms with van der Waals surface area (Å²) >= 11 is 0. The van der Waals surface area contributed by atoms with E-state index in [0.29, 0.717) is 19.3 Å². The number of carbonyl (C=O) groups is 2. The Balaban J connectivity index is 3.69. The normalized spacial score (nSPS) is 12.4. The molecule has 3 nitrogen and oxygen atoms in total. The van der Waals surface area contributed by atoms with E-state index >= 15 is 0 Å². The Kier molecular flexibility index (Phi) is 15.7. The Bertz CT molecular complexity index is 479. The van der Waals surface area contributed by atoms with Gasteiger partial charge in [0, 0.05) is 12.8 Å². The van der Waals surface area contributed by atoms with Crippen LogP contribution in [0.3, 0.4) is 0 Å². The van der Waals surface area contributed by atoms with Crippen LogP contribution in [0.15, 0.2) is 60.8 Å². The van der Waals surface area contributed by atoms with Gasteiger partial charge in [0.25, 0.3) is 0 Å². The summed E-state index contributed by atoms with van der Waals surface area (Å²) in [4.78, 5) is 22.4. The van der Waals surface area contributed by atoms with E-state index < -0.39 is 0 Å². The number of hydrogen-bond donors (Lipinski definition) is 0. The lowest BCUT2D eigenvalue weighted by molar-refractivity contribution is -0.140. The van der Waals surface area contributed by atoms with Gasteiger partial charge < -0.3 is 4.74 Å². The molecular formula is C21H30O3. The summed E-state index contributed by atoms with van der Waals surface area (Å²) in [5, 5.41) is 0. The lowest BCUT2D eigenvalue weighted by Crippen LogP contribution is -2.01. The van der Waals surface area contributed by atoms with Gasteiger partial charge in [0.05, 0.1) is 7.11 Å². The maximum Gasteiger partial charge on any atom is 0.305 e. The molecular weight excluding hydrogens is 300 g/mol. The van der Waals surface area contributed by atoms with E-state index in [1.807, 2.05) is 12.2 Å². The second kappa shape index (κ2) is 17.2. The molecule has 0 N–H and O–H groups in total. The van der Waals surface area contributed by atoms with Crippen molar-refractivity contribution in [3.05, 3.63) is 60.8 Å². The highest BCUT2D eigenvalue weighted by Crippen LogP contribution is 1.99. The van der Waals surface area contributed by atoms with E-state index in [2.05, 4.69) is 48.1 Å². The van der Waals surface area contributed by atoms with Gasteiger partial charge in [0.1, 0.15) is 0 Å². The zero-order chi connectivity index (χ0) is 17.9. The third kappa shape index (κ3) is 16.2. The minimum atomic E-state index is -0.272. The van der Waals surface area contributed by atoms with Crippen molar-refractivity contribution in [3.8, 4) is 0 Å². The summed E-state index contributed by atoms with van der Waals surface area (Å²) in [6.07, 6.45) is 25.2. The first-order chi connectivity index (χ1) is 11.7. The average Bonchev–Trinajstić information content (AvgIpc) is 2.58. The zero-order valence-corrected chi connectivity index (χ0v) is 14.9. The fourth-order valence-electron chi connectivity index (χ4n) is 1.80. The van der Waals surface area contributed by atoms with Gasteiger partial charge in [-0.1, -0.05) is 61.6 Å². The third-order valence-corrected chi connectivity index (χ3v) is 3.11. The molecule has 0 aliphatic heterocycles. The lowest BCUT2D eigenvalue weighted by Gasteiger charge is -1.96. The molecule has 0 unspecified atom stereocenters. The summed E-state index contributed by atoms with van der Waals surface area (Å²) in [6.45, 7) is 2.13. The van der Waals surface area contributed by atoms with Crippen LogP contribution in [0.4, 0.5) is 0 Å². The highest BCUT2D eigenvalue weighted by molar-refractivity contribution is 5.90. The van der Waals surface area contributed by atoms with Crippen LogP contribution in [-0.2, 0) is 14.3 Å². The first kappa shape index (κ1) is 21.8. The minimum Gasteiger partial charge on any atom is -0.469 e. The molecule has 24 heavy (non-hydrogen) atoms. The molecule has 0 spiro atoms. The molecule has 0 bridgehead atoms. The van der Waals surface area contributed by atoms with Crippen LogP contribution in [0, 0.1) is 0 Å². The van der Waals surface area contributed by atoms with Gasteiger partial charge in [0.2, 0.25) is 0 Å². The maximum atomic E-state index is 11.5. The SMILES string of the molecule is CC/C=C\C/C=C\C/C=C\C/C=C\C=C\C(=O)CCCC(=O)OC. The van der Waals surface area contributed by atoms with Crippen LogP contribution in [0.5, 0.6) is 0 Å². The second-order valence-corrected chi connectivity index (χ2v) is 5.21. The highest BCUT2D eigenvalue weighted by atomic mass is 16.5. The molecule has 0 amide bonds. The highest BCUT2D eigenvalue weighted by Gasteiger charge is 2.01. The summed E-state index contributed by atoms with van der Waals surface area (Å²) in [6, 6.07) is 0. The predicted molar refractivity (Wildman–Crippen MR) is 101 cm³/mol. The summed E-state index contributed by atoms with van der Waals surface area (Å²) in [7, 11) is 1.35. The Morgan fingerprint density at radius 1 is 0.792 bits per heavy atom. The molecule has 0 aliphatic carbocycles. The fraction of sp³-hybridized carbons (Fsp3) is 0.429. The van der Waals surface area contributed by atoms with E-state index in [1.165, 1.54) is 7.11 Å². The van der Waals surface area contributed by atoms with E-state index in [4.69, 9.17) is 0 Å². The molecule has 0 atom stereocenters. The van der Waals surface area contributed by atoms with Crippen LogP contribution < -0.4 is 0 Å². The van der Waals surface area contributed by atoms with Gasteiger partial charge in [-0.05, 0) is 38.2 Å². The Morgan fingerprint density at radius 3 is 1.96 bits per heavy atom. The van der Waals surface area contributed by atoms with Crippen LogP contribution >= 0.6 is 0 Å².